The molecule has 0 atom stereocenters. The van der Waals surface area contributed by atoms with Crippen molar-refractivity contribution < 1.29 is 14.3 Å². The predicted octanol–water partition coefficient (Wildman–Crippen LogP) is 1.07. The molecule has 0 saturated carbocycles. The third-order valence-electron chi connectivity index (χ3n) is 2.63. The van der Waals surface area contributed by atoms with Crippen molar-refractivity contribution in [3.05, 3.63) is 22.2 Å². The quantitative estimate of drug-likeness (QED) is 0.598. The number of nitrogens with zero attached hydrogens (tertiary/aromatic N) is 3. The van der Waals surface area contributed by atoms with Gasteiger partial charge in [-0.05, 0) is 23.3 Å². The summed E-state index contributed by atoms with van der Waals surface area (Å²) >= 11 is 0. The second-order valence-electron chi connectivity index (χ2n) is 3.98. The Kier molecular flexibility index (Phi) is 4.08. The third kappa shape index (κ3) is 2.82. The molecule has 9 nitrogen and oxygen atoms in total. The largest absolute Gasteiger partial charge is 0.383 e. The second-order valence-corrected chi connectivity index (χ2v) is 3.98. The van der Waals surface area contributed by atoms with Crippen LogP contribution in [-0.2, 0) is 4.79 Å². The molecule has 0 saturated heterocycles. The van der Waals surface area contributed by atoms with Crippen molar-refractivity contribution in [2.45, 2.75) is 13.3 Å². The van der Waals surface area contributed by atoms with Gasteiger partial charge >= 0.3 is 5.69 Å². The maximum Gasteiger partial charge on any atom is 0.300 e. The first-order valence-electron chi connectivity index (χ1n) is 6.03. The molecule has 2 rings (SSSR count). The number of aromatic nitrogens is 2. The molecule has 1 heterocycles. The van der Waals surface area contributed by atoms with E-state index >= 15 is 0 Å². The van der Waals surface area contributed by atoms with Gasteiger partial charge in [0, 0.05) is 25.6 Å². The Labute approximate surface area is 113 Å². The van der Waals surface area contributed by atoms with Crippen LogP contribution in [0.3, 0.4) is 0 Å². The molecule has 0 unspecified atom stereocenters. The number of nitro groups is 1. The molecule has 0 aliphatic rings. The molecule has 0 bridgehead atoms. The van der Waals surface area contributed by atoms with E-state index < -0.39 is 4.92 Å². The van der Waals surface area contributed by atoms with Gasteiger partial charge in [-0.1, -0.05) is 0 Å². The van der Waals surface area contributed by atoms with Gasteiger partial charge in [0.1, 0.15) is 0 Å². The zero-order valence-corrected chi connectivity index (χ0v) is 10.8. The van der Waals surface area contributed by atoms with Gasteiger partial charge in [0.05, 0.1) is 10.6 Å². The number of carbonyl (C=O) groups is 1. The van der Waals surface area contributed by atoms with Crippen LogP contribution in [-0.4, -0.2) is 34.2 Å². The Morgan fingerprint density at radius 1 is 1.40 bits per heavy atom. The smallest absolute Gasteiger partial charge is 0.300 e. The highest BCUT2D eigenvalue weighted by Crippen LogP contribution is 2.28. The number of fused-ring (bicyclic) bond motifs is 1. The summed E-state index contributed by atoms with van der Waals surface area (Å²) in [4.78, 5) is 21.6. The first kappa shape index (κ1) is 13.7. The second kappa shape index (κ2) is 5.95. The van der Waals surface area contributed by atoms with Crippen LogP contribution in [0.4, 0.5) is 11.4 Å². The van der Waals surface area contributed by atoms with E-state index in [0.29, 0.717) is 18.8 Å². The number of nitro benzene ring substituents is 1. The first-order valence-corrected chi connectivity index (χ1v) is 6.03. The summed E-state index contributed by atoms with van der Waals surface area (Å²) in [5, 5.41) is 23.6. The zero-order chi connectivity index (χ0) is 14.5. The molecule has 9 heteroatoms. The molecule has 0 aliphatic heterocycles. The number of anilines is 1. The summed E-state index contributed by atoms with van der Waals surface area (Å²) in [6, 6.07) is 2.84. The van der Waals surface area contributed by atoms with Crippen molar-refractivity contribution in [3.63, 3.8) is 0 Å². The molecular formula is C11H13N5O4. The van der Waals surface area contributed by atoms with E-state index in [-0.39, 0.29) is 29.0 Å². The molecule has 0 spiro atoms. The van der Waals surface area contributed by atoms with Crippen molar-refractivity contribution >= 4 is 28.3 Å². The van der Waals surface area contributed by atoms with Gasteiger partial charge in [-0.3, -0.25) is 14.9 Å². The zero-order valence-electron chi connectivity index (χ0n) is 10.8. The van der Waals surface area contributed by atoms with Crippen LogP contribution in [0.15, 0.2) is 16.8 Å². The van der Waals surface area contributed by atoms with E-state index in [4.69, 9.17) is 0 Å². The highest BCUT2D eigenvalue weighted by molar-refractivity contribution is 5.93. The van der Waals surface area contributed by atoms with Gasteiger partial charge < -0.3 is 10.6 Å². The predicted molar refractivity (Wildman–Crippen MR) is 70.2 cm³/mol. The highest BCUT2D eigenvalue weighted by Gasteiger charge is 2.19. The lowest BCUT2D eigenvalue weighted by Gasteiger charge is -2.06. The SMILES string of the molecule is CCNC(=O)CCNc1ccc([N+](=O)[O-])c2nonc12. The fraction of sp³-hybridized carbons (Fsp3) is 0.364. The Morgan fingerprint density at radius 2 is 2.15 bits per heavy atom. The lowest BCUT2D eigenvalue weighted by molar-refractivity contribution is -0.383. The topological polar surface area (TPSA) is 123 Å². The van der Waals surface area contributed by atoms with Crippen molar-refractivity contribution in [2.75, 3.05) is 18.4 Å². The fourth-order valence-corrected chi connectivity index (χ4v) is 1.74. The standard InChI is InChI=1S/C11H13N5O4/c1-2-12-9(17)5-6-13-7-3-4-8(16(18)19)11-10(7)14-20-15-11/h3-4,13H,2,5-6H2,1H3,(H,12,17). The molecule has 0 fully saturated rings. The van der Waals surface area contributed by atoms with Crippen molar-refractivity contribution in [1.82, 2.24) is 15.6 Å². The Bertz CT molecular complexity index is 639. The van der Waals surface area contributed by atoms with E-state index in [1.165, 1.54) is 12.1 Å². The maximum absolute atomic E-state index is 11.3. The van der Waals surface area contributed by atoms with Crippen molar-refractivity contribution in [2.24, 2.45) is 0 Å². The van der Waals surface area contributed by atoms with E-state index in [1.807, 2.05) is 6.92 Å². The minimum absolute atomic E-state index is 0.0727. The van der Waals surface area contributed by atoms with E-state index in [1.54, 1.807) is 0 Å². The molecule has 0 aliphatic carbocycles. The number of hydrogen-bond donors (Lipinski definition) is 2. The molecule has 1 aromatic heterocycles. The van der Waals surface area contributed by atoms with Gasteiger partial charge in [0.15, 0.2) is 5.52 Å². The third-order valence-corrected chi connectivity index (χ3v) is 2.63. The van der Waals surface area contributed by atoms with Crippen molar-refractivity contribution in [3.8, 4) is 0 Å². The van der Waals surface area contributed by atoms with Crippen molar-refractivity contribution in [1.29, 1.82) is 0 Å². The van der Waals surface area contributed by atoms with Gasteiger partial charge in [-0.2, -0.15) is 0 Å². The van der Waals surface area contributed by atoms with Gasteiger partial charge in [0.2, 0.25) is 11.4 Å². The van der Waals surface area contributed by atoms with Crippen LogP contribution in [0, 0.1) is 10.1 Å². The van der Waals surface area contributed by atoms with Crippen LogP contribution in [0.1, 0.15) is 13.3 Å². The number of hydrogen-bond acceptors (Lipinski definition) is 7. The van der Waals surface area contributed by atoms with Gasteiger partial charge in [-0.25, -0.2) is 4.63 Å². The van der Waals surface area contributed by atoms with Crippen LogP contribution in [0.2, 0.25) is 0 Å². The lowest BCUT2D eigenvalue weighted by Crippen LogP contribution is -2.24. The van der Waals surface area contributed by atoms with E-state index in [9.17, 15) is 14.9 Å². The summed E-state index contributed by atoms with van der Waals surface area (Å²) in [6.45, 7) is 2.80. The monoisotopic (exact) mass is 279 g/mol. The molecule has 20 heavy (non-hydrogen) atoms. The maximum atomic E-state index is 11.3. The Morgan fingerprint density at radius 3 is 2.85 bits per heavy atom. The number of benzene rings is 1. The van der Waals surface area contributed by atoms with Crippen LogP contribution >= 0.6 is 0 Å². The summed E-state index contributed by atoms with van der Waals surface area (Å²) in [6.07, 6.45) is 0.289. The van der Waals surface area contributed by atoms with Gasteiger partial charge in [0.25, 0.3) is 0 Å². The number of carbonyl (C=O) groups excluding carboxylic acids is 1. The lowest BCUT2D eigenvalue weighted by atomic mass is 10.2. The molecule has 2 aromatic rings. The molecule has 1 amide bonds. The average Bonchev–Trinajstić information content (AvgIpc) is 2.88. The Balaban J connectivity index is 2.12. The first-order chi connectivity index (χ1) is 9.63. The van der Waals surface area contributed by atoms with Crippen LogP contribution < -0.4 is 10.6 Å². The summed E-state index contributed by atoms with van der Waals surface area (Å²) in [7, 11) is 0. The highest BCUT2D eigenvalue weighted by atomic mass is 16.6. The van der Waals surface area contributed by atoms with E-state index in [0.717, 1.165) is 0 Å². The number of amides is 1. The molecular weight excluding hydrogens is 266 g/mol. The molecule has 0 radical (unpaired) electrons. The number of non-ortho nitro benzene ring substituents is 1. The fourth-order valence-electron chi connectivity index (χ4n) is 1.74. The summed E-state index contributed by atoms with van der Waals surface area (Å²) < 4.78 is 4.54. The van der Waals surface area contributed by atoms with Crippen LogP contribution in [0.5, 0.6) is 0 Å². The van der Waals surface area contributed by atoms with E-state index in [2.05, 4.69) is 25.6 Å². The summed E-state index contributed by atoms with van der Waals surface area (Å²) in [5.74, 6) is -0.0727. The molecule has 1 aromatic carbocycles. The Hall–Kier alpha value is -2.71. The number of rotatable bonds is 6. The molecule has 2 N–H and O–H groups in total. The molecule has 106 valence electrons. The average molecular weight is 279 g/mol. The minimum Gasteiger partial charge on any atom is -0.383 e. The minimum atomic E-state index is -0.551. The number of nitrogens with one attached hydrogen (secondary N) is 2. The normalized spacial score (nSPS) is 10.4. The van der Waals surface area contributed by atoms with Gasteiger partial charge in [-0.15, -0.1) is 0 Å². The van der Waals surface area contributed by atoms with Crippen LogP contribution in [0.25, 0.3) is 11.0 Å². The summed E-state index contributed by atoms with van der Waals surface area (Å²) in [5.41, 5.74) is 0.722.